The third-order valence-corrected chi connectivity index (χ3v) is 18.9. The predicted molar refractivity (Wildman–Crippen MR) is 372 cm³/mol. The van der Waals surface area contributed by atoms with E-state index >= 15 is 0 Å². The fraction of sp³-hybridized carbons (Fsp3) is 0.945. The first-order valence-electron chi connectivity index (χ1n) is 38.0. The zero-order valence-corrected chi connectivity index (χ0v) is 61.6. The molecule has 0 saturated carbocycles. The van der Waals surface area contributed by atoms with Crippen LogP contribution in [0.15, 0.2) is 0 Å². The fourth-order valence-corrected chi connectivity index (χ4v) is 12.7. The van der Waals surface area contributed by atoms with Crippen LogP contribution < -0.4 is 0 Å². The van der Waals surface area contributed by atoms with Crippen molar-refractivity contribution in [2.75, 3.05) is 39.6 Å². The number of unbranched alkanes of at least 4 members (excludes halogenated alkanes) is 42. The lowest BCUT2D eigenvalue weighted by Crippen LogP contribution is -2.30. The van der Waals surface area contributed by atoms with Gasteiger partial charge in [0.25, 0.3) is 0 Å². The first kappa shape index (κ1) is 90.1. The molecule has 17 nitrogen and oxygen atoms in total. The first-order valence-corrected chi connectivity index (χ1v) is 41.0. The molecule has 92 heavy (non-hydrogen) atoms. The maximum Gasteiger partial charge on any atom is 0.472 e. The number of phosphoric ester groups is 2. The van der Waals surface area contributed by atoms with Crippen molar-refractivity contribution in [2.24, 2.45) is 11.8 Å². The number of hydrogen-bond acceptors (Lipinski definition) is 15. The number of rotatable bonds is 72. The third kappa shape index (κ3) is 66.7. The number of phosphoric acid groups is 2. The van der Waals surface area contributed by atoms with E-state index < -0.39 is 97.5 Å². The number of ether oxygens (including phenoxy) is 4. The van der Waals surface area contributed by atoms with Gasteiger partial charge in [0.1, 0.15) is 19.3 Å². The standard InChI is InChI=1S/C73H142O17P2/c1-7-9-11-13-15-16-17-18-19-20-21-22-23-24-27-33-39-45-51-57-72(77)90-69(62-84-71(76)56-50-44-38-32-28-25-26-30-36-41-47-53-65(3)4)64-88-92(81,82)86-60-67(74)59-85-91(79,80)87-63-68(61-83-70(75)55-49-43-35-14-12-10-8-2)89-73(78)58-52-46-40-34-29-31-37-42-48-54-66(5)6/h65-69,74H,7-64H2,1-6H3,(H,79,80)(H,81,82)/t67-,68+,69+/m0/s1. The summed E-state index contributed by atoms with van der Waals surface area (Å²) in [6, 6.07) is 0. The number of aliphatic hydroxyl groups is 1. The van der Waals surface area contributed by atoms with Crippen molar-refractivity contribution in [1.29, 1.82) is 0 Å². The molecular weight excluding hydrogens is 1210 g/mol. The van der Waals surface area contributed by atoms with Crippen molar-refractivity contribution in [1.82, 2.24) is 0 Å². The number of aliphatic hydroxyl groups excluding tert-OH is 1. The molecule has 0 aromatic heterocycles. The monoisotopic (exact) mass is 1350 g/mol. The van der Waals surface area contributed by atoms with Crippen LogP contribution in [0.3, 0.4) is 0 Å². The summed E-state index contributed by atoms with van der Waals surface area (Å²) in [5.74, 6) is -0.617. The molecular formula is C73H142O17P2. The Kier molecular flexibility index (Phi) is 63.7. The summed E-state index contributed by atoms with van der Waals surface area (Å²) in [6.07, 6.45) is 51.5. The summed E-state index contributed by atoms with van der Waals surface area (Å²) in [6.45, 7) is 9.51. The van der Waals surface area contributed by atoms with E-state index in [1.807, 2.05) is 0 Å². The molecule has 19 heteroatoms. The Morgan fingerprint density at radius 2 is 0.500 bits per heavy atom. The second-order valence-electron chi connectivity index (χ2n) is 27.3. The van der Waals surface area contributed by atoms with Gasteiger partial charge >= 0.3 is 39.5 Å². The highest BCUT2D eigenvalue weighted by molar-refractivity contribution is 7.47. The Labute approximate surface area is 562 Å². The average molecular weight is 1350 g/mol. The predicted octanol–water partition coefficient (Wildman–Crippen LogP) is 21.2. The molecule has 0 fully saturated rings. The zero-order valence-electron chi connectivity index (χ0n) is 59.9. The lowest BCUT2D eigenvalue weighted by Gasteiger charge is -2.21. The number of hydrogen-bond donors (Lipinski definition) is 3. The van der Waals surface area contributed by atoms with Crippen LogP contribution in [0.2, 0.25) is 0 Å². The Morgan fingerprint density at radius 1 is 0.293 bits per heavy atom. The van der Waals surface area contributed by atoms with Crippen LogP contribution in [0.1, 0.15) is 375 Å². The van der Waals surface area contributed by atoms with Crippen LogP contribution in [-0.2, 0) is 65.4 Å². The van der Waals surface area contributed by atoms with Gasteiger partial charge in [0.15, 0.2) is 12.2 Å². The van der Waals surface area contributed by atoms with Crippen LogP contribution in [0.4, 0.5) is 0 Å². The first-order chi connectivity index (χ1) is 44.4. The molecule has 0 bridgehead atoms. The number of esters is 4. The molecule has 2 unspecified atom stereocenters. The van der Waals surface area contributed by atoms with Gasteiger partial charge in [0, 0.05) is 25.7 Å². The topological polar surface area (TPSA) is 237 Å². The Bertz CT molecular complexity index is 1790. The zero-order chi connectivity index (χ0) is 67.9. The van der Waals surface area contributed by atoms with Gasteiger partial charge in [-0.3, -0.25) is 37.3 Å². The fourth-order valence-electron chi connectivity index (χ4n) is 11.1. The Morgan fingerprint density at radius 3 is 0.739 bits per heavy atom. The molecule has 0 radical (unpaired) electrons. The van der Waals surface area contributed by atoms with Gasteiger partial charge in [-0.15, -0.1) is 0 Å². The van der Waals surface area contributed by atoms with E-state index in [0.29, 0.717) is 25.7 Å². The van der Waals surface area contributed by atoms with Crippen molar-refractivity contribution >= 4 is 39.5 Å². The Hall–Kier alpha value is -1.94. The van der Waals surface area contributed by atoms with Crippen LogP contribution in [0.5, 0.6) is 0 Å². The molecule has 3 N–H and O–H groups in total. The molecule has 5 atom stereocenters. The van der Waals surface area contributed by atoms with Crippen molar-refractivity contribution < 1.29 is 80.2 Å². The number of carbonyl (C=O) groups is 4. The molecule has 0 aromatic rings. The van der Waals surface area contributed by atoms with Gasteiger partial charge < -0.3 is 33.8 Å². The molecule has 0 spiro atoms. The molecule has 0 aliphatic heterocycles. The second-order valence-corrected chi connectivity index (χ2v) is 30.2. The summed E-state index contributed by atoms with van der Waals surface area (Å²) in [4.78, 5) is 72.5. The quantitative estimate of drug-likeness (QED) is 0.0222. The maximum atomic E-state index is 13.1. The van der Waals surface area contributed by atoms with Crippen molar-refractivity contribution in [2.45, 2.75) is 394 Å². The summed E-state index contributed by atoms with van der Waals surface area (Å²) >= 11 is 0. The lowest BCUT2D eigenvalue weighted by molar-refractivity contribution is -0.161. The average Bonchev–Trinajstić information content (AvgIpc) is 1.62. The normalized spacial score (nSPS) is 14.1. The summed E-state index contributed by atoms with van der Waals surface area (Å²) in [5, 5.41) is 10.6. The summed E-state index contributed by atoms with van der Waals surface area (Å²) < 4.78 is 68.3. The molecule has 0 amide bonds. The molecule has 546 valence electrons. The largest absolute Gasteiger partial charge is 0.472 e. The van der Waals surface area contributed by atoms with Gasteiger partial charge in [0.05, 0.1) is 26.4 Å². The molecule has 0 saturated heterocycles. The molecule has 0 rings (SSSR count). The molecule has 0 aliphatic rings. The van der Waals surface area contributed by atoms with Gasteiger partial charge in [0.2, 0.25) is 0 Å². The van der Waals surface area contributed by atoms with Crippen LogP contribution in [0.25, 0.3) is 0 Å². The van der Waals surface area contributed by atoms with Crippen molar-refractivity contribution in [3.63, 3.8) is 0 Å². The summed E-state index contributed by atoms with van der Waals surface area (Å²) in [7, 11) is -9.90. The molecule has 0 aliphatic carbocycles. The van der Waals surface area contributed by atoms with E-state index in [1.165, 1.54) is 180 Å². The van der Waals surface area contributed by atoms with Crippen LogP contribution in [0, 0.1) is 11.8 Å². The van der Waals surface area contributed by atoms with E-state index in [-0.39, 0.29) is 25.7 Å². The van der Waals surface area contributed by atoms with Gasteiger partial charge in [-0.2, -0.15) is 0 Å². The maximum absolute atomic E-state index is 13.1. The van der Waals surface area contributed by atoms with Gasteiger partial charge in [-0.05, 0) is 37.5 Å². The minimum atomic E-state index is -4.95. The molecule has 0 aromatic carbocycles. The van der Waals surface area contributed by atoms with E-state index in [2.05, 4.69) is 41.5 Å². The number of carbonyl (C=O) groups excluding carboxylic acids is 4. The van der Waals surface area contributed by atoms with E-state index in [1.54, 1.807) is 0 Å². The highest BCUT2D eigenvalue weighted by Gasteiger charge is 2.30. The highest BCUT2D eigenvalue weighted by Crippen LogP contribution is 2.45. The van der Waals surface area contributed by atoms with Crippen molar-refractivity contribution in [3.8, 4) is 0 Å². The highest BCUT2D eigenvalue weighted by atomic mass is 31.2. The van der Waals surface area contributed by atoms with E-state index in [9.17, 15) is 43.2 Å². The van der Waals surface area contributed by atoms with Crippen molar-refractivity contribution in [3.05, 3.63) is 0 Å². The minimum Gasteiger partial charge on any atom is -0.462 e. The van der Waals surface area contributed by atoms with Gasteiger partial charge in [-0.25, -0.2) is 9.13 Å². The van der Waals surface area contributed by atoms with Crippen LogP contribution >= 0.6 is 15.6 Å². The third-order valence-electron chi connectivity index (χ3n) is 17.0. The Balaban J connectivity index is 5.19. The van der Waals surface area contributed by atoms with E-state index in [4.69, 9.17) is 37.0 Å². The minimum absolute atomic E-state index is 0.105. The van der Waals surface area contributed by atoms with E-state index in [0.717, 1.165) is 115 Å². The summed E-state index contributed by atoms with van der Waals surface area (Å²) in [5.41, 5.74) is 0. The lowest BCUT2D eigenvalue weighted by atomic mass is 10.0. The SMILES string of the molecule is CCCCCCCCCCCCCCCCCCCCCC(=O)O[C@H](COC(=O)CCCCCCCCCCCCCC(C)C)COP(=O)(O)OC[C@@H](O)COP(=O)(O)OC[C@@H](COC(=O)CCCCCCCCC)OC(=O)CCCCCCCCCCCC(C)C. The second kappa shape index (κ2) is 65.0. The smallest absolute Gasteiger partial charge is 0.462 e. The van der Waals surface area contributed by atoms with Gasteiger partial charge in [-0.1, -0.05) is 324 Å². The van der Waals surface area contributed by atoms with Crippen LogP contribution in [-0.4, -0.2) is 96.7 Å². The molecule has 0 heterocycles.